The van der Waals surface area contributed by atoms with Crippen molar-refractivity contribution in [3.05, 3.63) is 76.7 Å². The SMILES string of the molecule is Cc1ccccc1NC(=O)Nc1ccc(-c2cc(=O)[nH]c3[nH]ncc23)cc1. The number of para-hydroxylation sites is 1. The average molecular weight is 359 g/mol. The third-order valence-corrected chi connectivity index (χ3v) is 4.30. The molecular weight excluding hydrogens is 342 g/mol. The van der Waals surface area contributed by atoms with Gasteiger partial charge in [-0.3, -0.25) is 9.89 Å². The molecule has 0 saturated carbocycles. The number of rotatable bonds is 3. The van der Waals surface area contributed by atoms with E-state index in [0.29, 0.717) is 11.3 Å². The summed E-state index contributed by atoms with van der Waals surface area (Å²) in [6.07, 6.45) is 1.67. The van der Waals surface area contributed by atoms with Gasteiger partial charge in [0.15, 0.2) is 0 Å². The first-order valence-corrected chi connectivity index (χ1v) is 8.40. The Bertz CT molecular complexity index is 1170. The van der Waals surface area contributed by atoms with Gasteiger partial charge in [0.25, 0.3) is 0 Å². The number of anilines is 2. The minimum atomic E-state index is -0.314. The van der Waals surface area contributed by atoms with Gasteiger partial charge in [-0.15, -0.1) is 0 Å². The molecule has 0 bridgehead atoms. The number of hydrogen-bond acceptors (Lipinski definition) is 3. The number of H-pyrrole nitrogens is 2. The first-order valence-electron chi connectivity index (χ1n) is 8.40. The second-order valence-electron chi connectivity index (χ2n) is 6.18. The van der Waals surface area contributed by atoms with Crippen molar-refractivity contribution >= 4 is 28.4 Å². The fraction of sp³-hybridized carbons (Fsp3) is 0.0500. The molecule has 7 nitrogen and oxygen atoms in total. The number of amides is 2. The van der Waals surface area contributed by atoms with Gasteiger partial charge in [-0.25, -0.2) is 4.79 Å². The number of nitrogens with zero attached hydrogens (tertiary/aromatic N) is 1. The molecule has 0 unspecified atom stereocenters. The maximum absolute atomic E-state index is 12.2. The molecule has 4 N–H and O–H groups in total. The molecule has 0 radical (unpaired) electrons. The van der Waals surface area contributed by atoms with E-state index in [4.69, 9.17) is 0 Å². The maximum atomic E-state index is 12.2. The molecule has 2 amide bonds. The first kappa shape index (κ1) is 16.6. The predicted molar refractivity (Wildman–Crippen MR) is 106 cm³/mol. The summed E-state index contributed by atoms with van der Waals surface area (Å²) in [7, 11) is 0. The molecule has 134 valence electrons. The zero-order valence-corrected chi connectivity index (χ0v) is 14.5. The summed E-state index contributed by atoms with van der Waals surface area (Å²) in [4.78, 5) is 26.7. The molecule has 0 fully saturated rings. The highest BCUT2D eigenvalue weighted by atomic mass is 16.2. The van der Waals surface area contributed by atoms with E-state index in [9.17, 15) is 9.59 Å². The number of aromatic amines is 2. The molecular formula is C20H17N5O2. The fourth-order valence-corrected chi connectivity index (χ4v) is 2.92. The number of urea groups is 1. The van der Waals surface area contributed by atoms with E-state index >= 15 is 0 Å². The largest absolute Gasteiger partial charge is 0.323 e. The molecule has 0 aliphatic rings. The van der Waals surface area contributed by atoms with Crippen LogP contribution in [0.4, 0.5) is 16.2 Å². The minimum absolute atomic E-state index is 0.207. The Balaban J connectivity index is 1.54. The molecule has 0 aliphatic carbocycles. The topological polar surface area (TPSA) is 103 Å². The fourth-order valence-electron chi connectivity index (χ4n) is 2.92. The lowest BCUT2D eigenvalue weighted by molar-refractivity contribution is 0.262. The number of fused-ring (bicyclic) bond motifs is 1. The monoisotopic (exact) mass is 359 g/mol. The number of aromatic nitrogens is 3. The zero-order valence-electron chi connectivity index (χ0n) is 14.5. The smallest absolute Gasteiger partial charge is 0.308 e. The molecule has 0 spiro atoms. The summed E-state index contributed by atoms with van der Waals surface area (Å²) in [5.74, 6) is 0. The average Bonchev–Trinajstić information content (AvgIpc) is 3.12. The van der Waals surface area contributed by atoms with Crippen LogP contribution in [0.25, 0.3) is 22.2 Å². The van der Waals surface area contributed by atoms with Gasteiger partial charge in [-0.05, 0) is 41.8 Å². The molecule has 27 heavy (non-hydrogen) atoms. The van der Waals surface area contributed by atoms with E-state index in [0.717, 1.165) is 27.8 Å². The van der Waals surface area contributed by atoms with Crippen LogP contribution in [-0.2, 0) is 0 Å². The molecule has 4 rings (SSSR count). The van der Waals surface area contributed by atoms with Crippen molar-refractivity contribution in [1.29, 1.82) is 0 Å². The predicted octanol–water partition coefficient (Wildman–Crippen LogP) is 3.87. The van der Waals surface area contributed by atoms with Crippen molar-refractivity contribution in [1.82, 2.24) is 15.2 Å². The van der Waals surface area contributed by atoms with Gasteiger partial charge >= 0.3 is 6.03 Å². The van der Waals surface area contributed by atoms with Crippen molar-refractivity contribution in [2.24, 2.45) is 0 Å². The second kappa shape index (κ2) is 6.80. The Morgan fingerprint density at radius 3 is 2.59 bits per heavy atom. The van der Waals surface area contributed by atoms with Crippen LogP contribution in [-0.4, -0.2) is 21.2 Å². The first-order chi connectivity index (χ1) is 13.1. The molecule has 0 saturated heterocycles. The van der Waals surface area contributed by atoms with Gasteiger partial charge < -0.3 is 15.6 Å². The van der Waals surface area contributed by atoms with Crippen molar-refractivity contribution in [3.63, 3.8) is 0 Å². The normalized spacial score (nSPS) is 10.7. The van der Waals surface area contributed by atoms with E-state index in [1.165, 1.54) is 6.07 Å². The van der Waals surface area contributed by atoms with Crippen LogP contribution in [0, 0.1) is 6.92 Å². The van der Waals surface area contributed by atoms with E-state index < -0.39 is 0 Å². The van der Waals surface area contributed by atoms with Crippen LogP contribution in [0.15, 0.2) is 65.6 Å². The number of pyridine rings is 1. The third-order valence-electron chi connectivity index (χ3n) is 4.30. The number of aryl methyl sites for hydroxylation is 1. The van der Waals surface area contributed by atoms with Crippen LogP contribution in [0.1, 0.15) is 5.56 Å². The molecule has 2 aromatic heterocycles. The van der Waals surface area contributed by atoms with Crippen molar-refractivity contribution < 1.29 is 4.79 Å². The lowest BCUT2D eigenvalue weighted by Gasteiger charge is -2.10. The summed E-state index contributed by atoms with van der Waals surface area (Å²) >= 11 is 0. The van der Waals surface area contributed by atoms with Gasteiger partial charge in [-0.2, -0.15) is 5.10 Å². The minimum Gasteiger partial charge on any atom is -0.308 e. The quantitative estimate of drug-likeness (QED) is 0.446. The van der Waals surface area contributed by atoms with E-state index in [1.807, 2.05) is 43.3 Å². The Kier molecular flexibility index (Phi) is 4.18. The van der Waals surface area contributed by atoms with E-state index in [-0.39, 0.29) is 11.6 Å². The molecule has 4 aromatic rings. The molecule has 0 aliphatic heterocycles. The van der Waals surface area contributed by atoms with Gasteiger partial charge in [0.05, 0.1) is 6.20 Å². The number of hydrogen-bond donors (Lipinski definition) is 4. The maximum Gasteiger partial charge on any atom is 0.323 e. The Labute approximate surface area is 154 Å². The van der Waals surface area contributed by atoms with Crippen LogP contribution in [0.3, 0.4) is 0 Å². The van der Waals surface area contributed by atoms with Crippen molar-refractivity contribution in [2.45, 2.75) is 6.92 Å². The summed E-state index contributed by atoms with van der Waals surface area (Å²) in [5, 5.41) is 13.2. The van der Waals surface area contributed by atoms with Crippen LogP contribution >= 0.6 is 0 Å². The molecule has 0 atom stereocenters. The standard InChI is InChI=1S/C20H17N5O2/c1-12-4-2-3-5-17(12)23-20(27)22-14-8-6-13(7-9-14)15-10-18(26)24-19-16(15)11-21-25-19/h2-11H,1H3,(H2,22,23,27)(H2,21,24,25,26). The number of benzene rings is 2. The zero-order chi connectivity index (χ0) is 18.8. The summed E-state index contributed by atoms with van der Waals surface area (Å²) < 4.78 is 0. The van der Waals surface area contributed by atoms with Crippen molar-refractivity contribution in [3.8, 4) is 11.1 Å². The lowest BCUT2D eigenvalue weighted by Crippen LogP contribution is -2.19. The summed E-state index contributed by atoms with van der Waals surface area (Å²) in [5.41, 5.74) is 4.41. The van der Waals surface area contributed by atoms with Crippen molar-refractivity contribution in [2.75, 3.05) is 10.6 Å². The Morgan fingerprint density at radius 1 is 1.04 bits per heavy atom. The van der Waals surface area contributed by atoms with E-state index in [2.05, 4.69) is 25.8 Å². The highest BCUT2D eigenvalue weighted by Gasteiger charge is 2.09. The highest BCUT2D eigenvalue weighted by Crippen LogP contribution is 2.26. The Morgan fingerprint density at radius 2 is 1.81 bits per heavy atom. The van der Waals surface area contributed by atoms with Crippen LogP contribution in [0.2, 0.25) is 0 Å². The summed E-state index contributed by atoms with van der Waals surface area (Å²) in [6, 6.07) is 16.1. The lowest BCUT2D eigenvalue weighted by atomic mass is 10.0. The number of carbonyl (C=O) groups is 1. The van der Waals surface area contributed by atoms with Gasteiger partial charge in [0.2, 0.25) is 5.56 Å². The molecule has 2 heterocycles. The second-order valence-corrected chi connectivity index (χ2v) is 6.18. The number of carbonyl (C=O) groups excluding carboxylic acids is 1. The van der Waals surface area contributed by atoms with Crippen LogP contribution in [0.5, 0.6) is 0 Å². The van der Waals surface area contributed by atoms with Gasteiger partial charge in [0, 0.05) is 22.8 Å². The molecule has 2 aromatic carbocycles. The van der Waals surface area contributed by atoms with E-state index in [1.54, 1.807) is 18.3 Å². The molecule has 7 heteroatoms. The Hall–Kier alpha value is -3.87. The number of nitrogens with one attached hydrogen (secondary N) is 4. The highest BCUT2D eigenvalue weighted by molar-refractivity contribution is 6.00. The summed E-state index contributed by atoms with van der Waals surface area (Å²) in [6.45, 7) is 1.93. The third kappa shape index (κ3) is 3.43. The van der Waals surface area contributed by atoms with Crippen LogP contribution < -0.4 is 16.2 Å². The van der Waals surface area contributed by atoms with Gasteiger partial charge in [0.1, 0.15) is 5.65 Å². The van der Waals surface area contributed by atoms with Gasteiger partial charge in [-0.1, -0.05) is 30.3 Å².